The van der Waals surface area contributed by atoms with Crippen molar-refractivity contribution in [2.75, 3.05) is 46.1 Å². The Bertz CT molecular complexity index is 268. The fourth-order valence-corrected chi connectivity index (χ4v) is 1.57. The Morgan fingerprint density at radius 3 is 2.48 bits per heavy atom. The van der Waals surface area contributed by atoms with Gasteiger partial charge in [-0.2, -0.15) is 0 Å². The first-order valence-electron chi connectivity index (χ1n) is 8.13. The van der Waals surface area contributed by atoms with Crippen LogP contribution >= 0.6 is 0 Å². The Balaban J connectivity index is 3.59. The molecule has 0 unspecified atom stereocenters. The predicted molar refractivity (Wildman–Crippen MR) is 90.0 cm³/mol. The second-order valence-electron chi connectivity index (χ2n) is 4.62. The number of nitrogens with zero attached hydrogens (tertiary/aromatic N) is 1. The Morgan fingerprint density at radius 2 is 1.81 bits per heavy atom. The smallest absolute Gasteiger partial charge is 0.191 e. The van der Waals surface area contributed by atoms with Crippen LogP contribution in [0, 0.1) is 0 Å². The molecule has 0 amide bonds. The van der Waals surface area contributed by atoms with E-state index in [0.29, 0.717) is 26.4 Å². The summed E-state index contributed by atoms with van der Waals surface area (Å²) in [5, 5.41) is 6.51. The van der Waals surface area contributed by atoms with Crippen molar-refractivity contribution in [2.24, 2.45) is 4.99 Å². The Labute approximate surface area is 130 Å². The molecule has 0 spiro atoms. The molecule has 0 saturated carbocycles. The molecule has 0 saturated heterocycles. The molecule has 0 bridgehead atoms. The maximum Gasteiger partial charge on any atom is 0.191 e. The second kappa shape index (κ2) is 17.0. The molecule has 0 aromatic carbocycles. The summed E-state index contributed by atoms with van der Waals surface area (Å²) in [5.74, 6) is 0.852. The van der Waals surface area contributed by atoms with Gasteiger partial charge in [-0.3, -0.25) is 4.99 Å². The van der Waals surface area contributed by atoms with Crippen molar-refractivity contribution in [1.29, 1.82) is 0 Å². The number of rotatable bonds is 13. The molecule has 0 aliphatic rings. The van der Waals surface area contributed by atoms with Crippen LogP contribution in [0.15, 0.2) is 17.1 Å². The molecule has 0 aliphatic heterocycles. The van der Waals surface area contributed by atoms with Crippen LogP contribution in [0.1, 0.15) is 40.0 Å². The Morgan fingerprint density at radius 1 is 1.05 bits per heavy atom. The third kappa shape index (κ3) is 15.1. The van der Waals surface area contributed by atoms with E-state index in [1.54, 1.807) is 0 Å². The molecule has 0 fully saturated rings. The van der Waals surface area contributed by atoms with Crippen LogP contribution in [0.3, 0.4) is 0 Å². The summed E-state index contributed by atoms with van der Waals surface area (Å²) >= 11 is 0. The molecule has 2 N–H and O–H groups in total. The van der Waals surface area contributed by atoms with Gasteiger partial charge in [0.05, 0.1) is 26.4 Å². The highest BCUT2D eigenvalue weighted by atomic mass is 16.5. The van der Waals surface area contributed by atoms with Crippen LogP contribution < -0.4 is 10.6 Å². The quantitative estimate of drug-likeness (QED) is 0.237. The minimum absolute atomic E-state index is 0.628. The average Bonchev–Trinajstić information content (AvgIpc) is 2.49. The lowest BCUT2D eigenvalue weighted by Gasteiger charge is -2.10. The zero-order chi connectivity index (χ0) is 15.6. The lowest BCUT2D eigenvalue weighted by atomic mass is 10.4. The first-order chi connectivity index (χ1) is 10.3. The zero-order valence-corrected chi connectivity index (χ0v) is 14.0. The number of hydrogen-bond donors (Lipinski definition) is 2. The highest BCUT2D eigenvalue weighted by molar-refractivity contribution is 5.79. The van der Waals surface area contributed by atoms with Crippen molar-refractivity contribution >= 4 is 5.96 Å². The molecule has 0 radical (unpaired) electrons. The molecular formula is C16H33N3O2. The number of ether oxygens (including phenoxy) is 2. The zero-order valence-electron chi connectivity index (χ0n) is 14.0. The fourth-order valence-electron chi connectivity index (χ4n) is 1.57. The standard InChI is InChI=1S/C16H33N3O2/c1-4-7-9-10-18-16(17-6-3)19-11-13-21-15-14-20-12-8-5-2/h4,7H,5-6,8-15H2,1-3H3,(H2,17,18,19)/b7-4+. The topological polar surface area (TPSA) is 54.9 Å². The molecule has 0 aliphatic carbocycles. The third-order valence-electron chi connectivity index (χ3n) is 2.70. The van der Waals surface area contributed by atoms with Gasteiger partial charge in [0.1, 0.15) is 0 Å². The average molecular weight is 299 g/mol. The van der Waals surface area contributed by atoms with E-state index in [-0.39, 0.29) is 0 Å². The first-order valence-corrected chi connectivity index (χ1v) is 8.13. The number of hydrogen-bond acceptors (Lipinski definition) is 3. The first kappa shape index (κ1) is 19.9. The Kier molecular flexibility index (Phi) is 16.1. The van der Waals surface area contributed by atoms with Crippen molar-refractivity contribution in [3.63, 3.8) is 0 Å². The van der Waals surface area contributed by atoms with E-state index in [0.717, 1.165) is 38.5 Å². The molecule has 0 rings (SSSR count). The maximum absolute atomic E-state index is 5.49. The highest BCUT2D eigenvalue weighted by Gasteiger charge is 1.95. The van der Waals surface area contributed by atoms with Gasteiger partial charge >= 0.3 is 0 Å². The van der Waals surface area contributed by atoms with Crippen molar-refractivity contribution in [3.05, 3.63) is 12.2 Å². The molecule has 5 heteroatoms. The maximum atomic E-state index is 5.49. The summed E-state index contributed by atoms with van der Waals surface area (Å²) in [6, 6.07) is 0. The van der Waals surface area contributed by atoms with Crippen LogP contribution in [-0.2, 0) is 9.47 Å². The van der Waals surface area contributed by atoms with Crippen LogP contribution in [0.2, 0.25) is 0 Å². The van der Waals surface area contributed by atoms with Gasteiger partial charge in [0.25, 0.3) is 0 Å². The number of allylic oxidation sites excluding steroid dienone is 1. The Hall–Kier alpha value is -1.07. The van der Waals surface area contributed by atoms with Crippen LogP contribution in [0.5, 0.6) is 0 Å². The predicted octanol–water partition coefficient (Wildman–Crippen LogP) is 2.34. The lowest BCUT2D eigenvalue weighted by Crippen LogP contribution is -2.38. The number of unbranched alkanes of at least 4 members (excludes halogenated alkanes) is 1. The van der Waals surface area contributed by atoms with Gasteiger partial charge < -0.3 is 20.1 Å². The van der Waals surface area contributed by atoms with Gasteiger partial charge in [0, 0.05) is 19.7 Å². The summed E-state index contributed by atoms with van der Waals surface area (Å²) in [6.45, 7) is 11.4. The monoisotopic (exact) mass is 299 g/mol. The fraction of sp³-hybridized carbons (Fsp3) is 0.812. The van der Waals surface area contributed by atoms with Gasteiger partial charge in [-0.25, -0.2) is 0 Å². The molecule has 5 nitrogen and oxygen atoms in total. The second-order valence-corrected chi connectivity index (χ2v) is 4.62. The summed E-state index contributed by atoms with van der Waals surface area (Å²) in [5.41, 5.74) is 0. The van der Waals surface area contributed by atoms with Crippen molar-refractivity contribution < 1.29 is 9.47 Å². The minimum Gasteiger partial charge on any atom is -0.379 e. The molecule has 0 heterocycles. The molecule has 21 heavy (non-hydrogen) atoms. The van der Waals surface area contributed by atoms with E-state index in [2.05, 4.69) is 41.6 Å². The van der Waals surface area contributed by atoms with E-state index in [4.69, 9.17) is 9.47 Å². The van der Waals surface area contributed by atoms with Gasteiger partial charge in [-0.05, 0) is 26.7 Å². The summed E-state index contributed by atoms with van der Waals surface area (Å²) in [7, 11) is 0. The van der Waals surface area contributed by atoms with Crippen molar-refractivity contribution in [2.45, 2.75) is 40.0 Å². The van der Waals surface area contributed by atoms with E-state index >= 15 is 0 Å². The van der Waals surface area contributed by atoms with Crippen LogP contribution in [0.4, 0.5) is 0 Å². The summed E-state index contributed by atoms with van der Waals surface area (Å²) in [6.07, 6.45) is 7.49. The third-order valence-corrected chi connectivity index (χ3v) is 2.70. The van der Waals surface area contributed by atoms with Crippen molar-refractivity contribution in [1.82, 2.24) is 10.6 Å². The van der Waals surface area contributed by atoms with Crippen LogP contribution in [0.25, 0.3) is 0 Å². The van der Waals surface area contributed by atoms with Gasteiger partial charge in [0.2, 0.25) is 0 Å². The largest absolute Gasteiger partial charge is 0.379 e. The summed E-state index contributed by atoms with van der Waals surface area (Å²) in [4.78, 5) is 4.46. The molecule has 124 valence electrons. The van der Waals surface area contributed by atoms with Crippen LogP contribution in [-0.4, -0.2) is 52.0 Å². The van der Waals surface area contributed by atoms with Gasteiger partial charge in [-0.1, -0.05) is 25.5 Å². The summed E-state index contributed by atoms with van der Waals surface area (Å²) < 4.78 is 10.9. The van der Waals surface area contributed by atoms with E-state index in [1.165, 1.54) is 6.42 Å². The molecule has 0 aromatic heterocycles. The number of nitrogens with one attached hydrogen (secondary N) is 2. The number of guanidine groups is 1. The molecule has 0 aromatic rings. The van der Waals surface area contributed by atoms with Crippen molar-refractivity contribution in [3.8, 4) is 0 Å². The minimum atomic E-state index is 0.628. The van der Waals surface area contributed by atoms with Gasteiger partial charge in [-0.15, -0.1) is 0 Å². The van der Waals surface area contributed by atoms with E-state index in [9.17, 15) is 0 Å². The van der Waals surface area contributed by atoms with Gasteiger partial charge in [0.15, 0.2) is 5.96 Å². The SMILES string of the molecule is C/C=C/CCNC(=NCCOCCOCCCC)NCC. The highest BCUT2D eigenvalue weighted by Crippen LogP contribution is 1.88. The number of aliphatic imine (C=N–C) groups is 1. The molecular weight excluding hydrogens is 266 g/mol. The van der Waals surface area contributed by atoms with E-state index in [1.807, 2.05) is 6.92 Å². The molecule has 0 atom stereocenters. The van der Waals surface area contributed by atoms with E-state index < -0.39 is 0 Å². The normalized spacial score (nSPS) is 12.0. The lowest BCUT2D eigenvalue weighted by molar-refractivity contribution is 0.0497.